The second-order valence-corrected chi connectivity index (χ2v) is 2.04. The molecule has 1 rings (SSSR count). The van der Waals surface area contributed by atoms with E-state index in [4.69, 9.17) is 0 Å². The Labute approximate surface area is 65.0 Å². The fourth-order valence-corrected chi connectivity index (χ4v) is 0.760. The molecule has 11 heavy (non-hydrogen) atoms. The van der Waals surface area contributed by atoms with Gasteiger partial charge in [-0.05, 0) is 17.7 Å². The number of ether oxygens (including phenoxy) is 1. The molecule has 57 valence electrons. The summed E-state index contributed by atoms with van der Waals surface area (Å²) in [4.78, 5) is 13.5. The smallest absolute Gasteiger partial charge is 0.417 e. The molecule has 0 saturated heterocycles. The van der Waals surface area contributed by atoms with Crippen LogP contribution >= 0.6 is 0 Å². The average molecular weight is 150 g/mol. The van der Waals surface area contributed by atoms with Gasteiger partial charge in [0, 0.05) is 18.8 Å². The van der Waals surface area contributed by atoms with E-state index >= 15 is 0 Å². The summed E-state index contributed by atoms with van der Waals surface area (Å²) in [6.45, 7) is 1.75. The monoisotopic (exact) mass is 150 g/mol. The van der Waals surface area contributed by atoms with Crippen molar-refractivity contribution in [2.24, 2.45) is 0 Å². The summed E-state index contributed by atoms with van der Waals surface area (Å²) in [5.74, 6) is 0. The predicted octanol–water partition coefficient (Wildman–Crippen LogP) is 0.708. The van der Waals surface area contributed by atoms with Crippen LogP contribution in [0.3, 0.4) is 0 Å². The van der Waals surface area contributed by atoms with Gasteiger partial charge in [-0.15, -0.1) is 0 Å². The Bertz CT molecular complexity index is 211. The molecule has 0 N–H and O–H groups in total. The molecule has 1 aromatic rings. The van der Waals surface area contributed by atoms with E-state index in [2.05, 4.69) is 9.72 Å². The third kappa shape index (κ3) is 2.80. The van der Waals surface area contributed by atoms with Gasteiger partial charge in [0.2, 0.25) is 0 Å². The SMILES string of the molecule is O=[C]OCCc1ccncc1. The Balaban J connectivity index is 2.33. The van der Waals surface area contributed by atoms with Crippen LogP contribution in [0.2, 0.25) is 0 Å². The lowest BCUT2D eigenvalue weighted by atomic mass is 10.2. The zero-order valence-corrected chi connectivity index (χ0v) is 5.99. The molecule has 0 amide bonds. The molecule has 0 aliphatic rings. The Morgan fingerprint density at radius 3 is 2.82 bits per heavy atom. The fraction of sp³-hybridized carbons (Fsp3) is 0.250. The standard InChI is InChI=1S/C8H8NO2/c10-7-11-6-3-8-1-4-9-5-2-8/h1-2,4-5H,3,6H2. The third-order valence-electron chi connectivity index (χ3n) is 1.30. The van der Waals surface area contributed by atoms with Crippen LogP contribution in [0.1, 0.15) is 5.56 Å². The van der Waals surface area contributed by atoms with Crippen LogP contribution in [0.4, 0.5) is 0 Å². The van der Waals surface area contributed by atoms with Crippen molar-refractivity contribution in [3.05, 3.63) is 30.1 Å². The maximum atomic E-state index is 9.64. The Morgan fingerprint density at radius 2 is 2.18 bits per heavy atom. The van der Waals surface area contributed by atoms with Crippen molar-refractivity contribution in [1.29, 1.82) is 0 Å². The molecule has 0 aromatic carbocycles. The van der Waals surface area contributed by atoms with Crippen LogP contribution in [0.25, 0.3) is 0 Å². The molecule has 0 unspecified atom stereocenters. The number of aromatic nitrogens is 1. The molecule has 0 saturated carbocycles. The minimum absolute atomic E-state index is 0.382. The van der Waals surface area contributed by atoms with Crippen LogP contribution < -0.4 is 0 Å². The molecule has 0 spiro atoms. The summed E-state index contributed by atoms with van der Waals surface area (Å²) in [5.41, 5.74) is 1.11. The highest BCUT2D eigenvalue weighted by Gasteiger charge is 1.90. The molecule has 1 radical (unpaired) electrons. The summed E-state index contributed by atoms with van der Waals surface area (Å²) in [6, 6.07) is 3.77. The Morgan fingerprint density at radius 1 is 1.45 bits per heavy atom. The van der Waals surface area contributed by atoms with E-state index in [1.54, 1.807) is 12.4 Å². The Kier molecular flexibility index (Phi) is 3.12. The summed E-state index contributed by atoms with van der Waals surface area (Å²) < 4.78 is 4.41. The topological polar surface area (TPSA) is 39.2 Å². The summed E-state index contributed by atoms with van der Waals surface area (Å²) in [5, 5.41) is 0. The summed E-state index contributed by atoms with van der Waals surface area (Å²) in [6.07, 6.45) is 4.14. The van der Waals surface area contributed by atoms with Crippen molar-refractivity contribution < 1.29 is 9.53 Å². The van der Waals surface area contributed by atoms with Gasteiger partial charge in [-0.1, -0.05) is 0 Å². The first-order valence-corrected chi connectivity index (χ1v) is 3.31. The molecule has 3 heteroatoms. The van der Waals surface area contributed by atoms with E-state index in [-0.39, 0.29) is 0 Å². The van der Waals surface area contributed by atoms with Crippen molar-refractivity contribution in [2.45, 2.75) is 6.42 Å². The van der Waals surface area contributed by atoms with E-state index in [1.165, 1.54) is 6.47 Å². The van der Waals surface area contributed by atoms with Crippen LogP contribution in [-0.4, -0.2) is 18.1 Å². The maximum Gasteiger partial charge on any atom is 0.417 e. The lowest BCUT2D eigenvalue weighted by Gasteiger charge is -1.96. The van der Waals surface area contributed by atoms with Crippen molar-refractivity contribution in [3.63, 3.8) is 0 Å². The van der Waals surface area contributed by atoms with Gasteiger partial charge in [0.25, 0.3) is 0 Å². The molecule has 0 bridgehead atoms. The van der Waals surface area contributed by atoms with Crippen LogP contribution in [0.15, 0.2) is 24.5 Å². The van der Waals surface area contributed by atoms with Crippen molar-refractivity contribution in [1.82, 2.24) is 4.98 Å². The van der Waals surface area contributed by atoms with E-state index in [1.807, 2.05) is 12.1 Å². The van der Waals surface area contributed by atoms with E-state index in [9.17, 15) is 4.79 Å². The number of nitrogens with zero attached hydrogens (tertiary/aromatic N) is 1. The van der Waals surface area contributed by atoms with Gasteiger partial charge in [-0.25, -0.2) is 4.79 Å². The van der Waals surface area contributed by atoms with Gasteiger partial charge in [0.15, 0.2) is 0 Å². The number of carbonyl (C=O) groups excluding carboxylic acids is 1. The quantitative estimate of drug-likeness (QED) is 0.593. The molecular formula is C8H8NO2. The van der Waals surface area contributed by atoms with Crippen LogP contribution in [0, 0.1) is 0 Å². The van der Waals surface area contributed by atoms with E-state index in [0.29, 0.717) is 6.61 Å². The van der Waals surface area contributed by atoms with Crippen molar-refractivity contribution in [3.8, 4) is 0 Å². The highest BCUT2D eigenvalue weighted by Crippen LogP contribution is 1.96. The first-order chi connectivity index (χ1) is 5.43. The van der Waals surface area contributed by atoms with Gasteiger partial charge >= 0.3 is 6.47 Å². The first-order valence-electron chi connectivity index (χ1n) is 3.31. The molecule has 1 heterocycles. The minimum Gasteiger partial charge on any atom is -0.457 e. The summed E-state index contributed by atoms with van der Waals surface area (Å²) in [7, 11) is 0. The van der Waals surface area contributed by atoms with Crippen molar-refractivity contribution in [2.75, 3.05) is 6.61 Å². The second kappa shape index (κ2) is 4.44. The van der Waals surface area contributed by atoms with Gasteiger partial charge in [-0.2, -0.15) is 0 Å². The molecule has 0 atom stereocenters. The van der Waals surface area contributed by atoms with Gasteiger partial charge in [-0.3, -0.25) is 4.98 Å². The molecule has 0 aliphatic carbocycles. The molecule has 3 nitrogen and oxygen atoms in total. The predicted molar refractivity (Wildman–Crippen MR) is 39.6 cm³/mol. The largest absolute Gasteiger partial charge is 0.457 e. The molecular weight excluding hydrogens is 142 g/mol. The number of hydrogen-bond acceptors (Lipinski definition) is 3. The fourth-order valence-electron chi connectivity index (χ4n) is 0.760. The number of pyridine rings is 1. The zero-order chi connectivity index (χ0) is 7.94. The normalized spacial score (nSPS) is 9.09. The molecule has 0 fully saturated rings. The van der Waals surface area contributed by atoms with E-state index < -0.39 is 0 Å². The highest BCUT2D eigenvalue weighted by atomic mass is 16.5. The summed E-state index contributed by atoms with van der Waals surface area (Å²) >= 11 is 0. The van der Waals surface area contributed by atoms with Crippen LogP contribution in [-0.2, 0) is 16.0 Å². The lowest BCUT2D eigenvalue weighted by Crippen LogP contribution is -1.95. The first kappa shape index (κ1) is 7.72. The maximum absolute atomic E-state index is 9.64. The van der Waals surface area contributed by atoms with Crippen molar-refractivity contribution >= 4 is 6.47 Å². The minimum atomic E-state index is 0.382. The van der Waals surface area contributed by atoms with Gasteiger partial charge in [0.05, 0.1) is 6.61 Å². The van der Waals surface area contributed by atoms with Gasteiger partial charge < -0.3 is 4.74 Å². The van der Waals surface area contributed by atoms with Gasteiger partial charge in [0.1, 0.15) is 0 Å². The highest BCUT2D eigenvalue weighted by molar-refractivity contribution is 5.38. The number of rotatable bonds is 4. The Hall–Kier alpha value is -1.38. The number of hydrogen-bond donors (Lipinski definition) is 0. The van der Waals surface area contributed by atoms with Crippen LogP contribution in [0.5, 0.6) is 0 Å². The third-order valence-corrected chi connectivity index (χ3v) is 1.30. The molecule has 1 aromatic heterocycles. The average Bonchev–Trinajstić information content (AvgIpc) is 2.07. The second-order valence-electron chi connectivity index (χ2n) is 2.04. The van der Waals surface area contributed by atoms with E-state index in [0.717, 1.165) is 12.0 Å². The lowest BCUT2D eigenvalue weighted by molar-refractivity contribution is 0.282. The zero-order valence-electron chi connectivity index (χ0n) is 5.99. The molecule has 0 aliphatic heterocycles.